The van der Waals surface area contributed by atoms with Crippen molar-refractivity contribution in [2.75, 3.05) is 33.0 Å². The summed E-state index contributed by atoms with van der Waals surface area (Å²) in [5, 5.41) is 18.4. The summed E-state index contributed by atoms with van der Waals surface area (Å²) >= 11 is 0. The van der Waals surface area contributed by atoms with E-state index in [0.717, 1.165) is 57.8 Å². The molecule has 10 heteroatoms. The predicted octanol–water partition coefficient (Wildman–Crippen LogP) is 12.4. The van der Waals surface area contributed by atoms with E-state index in [9.17, 15) is 19.4 Å². The third-order valence-electron chi connectivity index (χ3n) is 9.22. The van der Waals surface area contributed by atoms with Gasteiger partial charge in [-0.05, 0) is 51.4 Å². The van der Waals surface area contributed by atoms with Crippen LogP contribution >= 0.6 is 7.82 Å². The molecule has 0 aromatic heterocycles. The Morgan fingerprint density at radius 2 is 1.00 bits per heavy atom. The highest BCUT2D eigenvalue weighted by Gasteiger charge is 2.26. The van der Waals surface area contributed by atoms with Crippen LogP contribution in [0.15, 0.2) is 60.8 Å². The summed E-state index contributed by atoms with van der Waals surface area (Å²) in [4.78, 5) is 22.6. The number of aliphatic hydroxyl groups is 2. The minimum Gasteiger partial charge on any atom is -0.457 e. The third-order valence-corrected chi connectivity index (χ3v) is 10.2. The second-order valence-corrected chi connectivity index (χ2v) is 16.1. The Labute approximate surface area is 342 Å². The number of carbonyl (C=O) groups is 1. The number of ether oxygens (including phenoxy) is 2. The van der Waals surface area contributed by atoms with Crippen molar-refractivity contribution in [2.45, 2.75) is 193 Å². The highest BCUT2D eigenvalue weighted by atomic mass is 31.2. The molecule has 0 saturated heterocycles. The first-order valence-electron chi connectivity index (χ1n) is 22.3. The number of allylic oxidation sites excluding steroid dienone is 10. The van der Waals surface area contributed by atoms with Gasteiger partial charge in [-0.15, -0.1) is 0 Å². The first-order chi connectivity index (χ1) is 27.3. The molecule has 9 nitrogen and oxygen atoms in total. The van der Waals surface area contributed by atoms with Crippen LogP contribution in [0.25, 0.3) is 0 Å². The van der Waals surface area contributed by atoms with E-state index >= 15 is 0 Å². The Bertz CT molecular complexity index is 1060. The lowest BCUT2D eigenvalue weighted by atomic mass is 10.0. The summed E-state index contributed by atoms with van der Waals surface area (Å²) in [6.07, 6.45) is 49.0. The van der Waals surface area contributed by atoms with Crippen LogP contribution in [0, 0.1) is 0 Å². The molecule has 3 unspecified atom stereocenters. The maximum Gasteiger partial charge on any atom is 0.472 e. The van der Waals surface area contributed by atoms with E-state index < -0.39 is 45.8 Å². The molecule has 0 aliphatic carbocycles. The van der Waals surface area contributed by atoms with E-state index in [1.807, 2.05) is 0 Å². The SMILES string of the molecule is CC/C=C\C/C=C\C/C=C\C/C=C\C/C=C\CCCC(=O)OC(COCCCCCCCCCCCCCCCCCCCC)COP(=O)(O)OCC(O)CO. The van der Waals surface area contributed by atoms with Crippen molar-refractivity contribution < 1.29 is 43.0 Å². The fraction of sp³-hybridized carbons (Fsp3) is 0.761. The molecule has 0 bridgehead atoms. The summed E-state index contributed by atoms with van der Waals surface area (Å²) in [6.45, 7) is 3.34. The first-order valence-corrected chi connectivity index (χ1v) is 23.8. The van der Waals surface area contributed by atoms with Gasteiger partial charge in [-0.1, -0.05) is 184 Å². The topological polar surface area (TPSA) is 132 Å². The summed E-state index contributed by atoms with van der Waals surface area (Å²) in [5.74, 6) is -0.438. The smallest absolute Gasteiger partial charge is 0.457 e. The third kappa shape index (κ3) is 41.8. The van der Waals surface area contributed by atoms with E-state index in [0.29, 0.717) is 13.0 Å². The molecule has 0 rings (SSSR count). The van der Waals surface area contributed by atoms with Crippen molar-refractivity contribution in [3.8, 4) is 0 Å². The van der Waals surface area contributed by atoms with Crippen LogP contribution in [0.2, 0.25) is 0 Å². The van der Waals surface area contributed by atoms with Crippen LogP contribution in [0.5, 0.6) is 0 Å². The Kier molecular flexibility index (Phi) is 41.4. The Morgan fingerprint density at radius 3 is 1.46 bits per heavy atom. The molecule has 0 saturated carbocycles. The van der Waals surface area contributed by atoms with Crippen molar-refractivity contribution in [3.63, 3.8) is 0 Å². The lowest BCUT2D eigenvalue weighted by Crippen LogP contribution is -2.29. The summed E-state index contributed by atoms with van der Waals surface area (Å²) < 4.78 is 33.3. The van der Waals surface area contributed by atoms with E-state index in [-0.39, 0.29) is 13.0 Å². The van der Waals surface area contributed by atoms with Gasteiger partial charge in [0.1, 0.15) is 12.2 Å². The molecule has 3 atom stereocenters. The van der Waals surface area contributed by atoms with E-state index in [2.05, 4.69) is 74.6 Å². The van der Waals surface area contributed by atoms with Crippen LogP contribution in [0.1, 0.15) is 181 Å². The molecule has 56 heavy (non-hydrogen) atoms. The second-order valence-electron chi connectivity index (χ2n) is 14.7. The number of esters is 1. The molecule has 0 fully saturated rings. The highest BCUT2D eigenvalue weighted by molar-refractivity contribution is 7.47. The summed E-state index contributed by atoms with van der Waals surface area (Å²) in [6, 6.07) is 0. The molecule has 0 heterocycles. The molecule has 0 radical (unpaired) electrons. The monoisotopic (exact) mass is 811 g/mol. The largest absolute Gasteiger partial charge is 0.472 e. The Morgan fingerprint density at radius 1 is 0.571 bits per heavy atom. The Balaban J connectivity index is 4.24. The van der Waals surface area contributed by atoms with Crippen LogP contribution < -0.4 is 0 Å². The molecule has 0 aliphatic rings. The van der Waals surface area contributed by atoms with Crippen LogP contribution in [0.4, 0.5) is 0 Å². The van der Waals surface area contributed by atoms with Gasteiger partial charge in [0.15, 0.2) is 0 Å². The minimum atomic E-state index is -4.53. The molecular formula is C46H83O9P. The maximum atomic E-state index is 12.6. The van der Waals surface area contributed by atoms with E-state index in [1.165, 1.54) is 96.3 Å². The molecule has 0 amide bonds. The second kappa shape index (κ2) is 42.8. The van der Waals surface area contributed by atoms with Crippen LogP contribution in [-0.4, -0.2) is 66.3 Å². The number of unbranched alkanes of at least 4 members (excludes halogenated alkanes) is 18. The lowest BCUT2D eigenvalue weighted by Gasteiger charge is -2.20. The van der Waals surface area contributed by atoms with Gasteiger partial charge in [-0.25, -0.2) is 4.57 Å². The van der Waals surface area contributed by atoms with Gasteiger partial charge in [0.2, 0.25) is 0 Å². The molecule has 0 aromatic carbocycles. The predicted molar refractivity (Wildman–Crippen MR) is 233 cm³/mol. The Hall–Kier alpha value is -1.84. The molecule has 0 aliphatic heterocycles. The van der Waals surface area contributed by atoms with Crippen molar-refractivity contribution in [3.05, 3.63) is 60.8 Å². The molecule has 3 N–H and O–H groups in total. The van der Waals surface area contributed by atoms with Crippen LogP contribution in [-0.2, 0) is 27.9 Å². The van der Waals surface area contributed by atoms with Gasteiger partial charge in [0.25, 0.3) is 0 Å². The zero-order valence-corrected chi connectivity index (χ0v) is 36.5. The molecular weight excluding hydrogens is 727 g/mol. The van der Waals surface area contributed by atoms with Crippen molar-refractivity contribution in [1.29, 1.82) is 0 Å². The normalized spacial score (nSPS) is 14.6. The van der Waals surface area contributed by atoms with Gasteiger partial charge in [0, 0.05) is 13.0 Å². The quantitative estimate of drug-likeness (QED) is 0.0239. The number of aliphatic hydroxyl groups excluding tert-OH is 2. The lowest BCUT2D eigenvalue weighted by molar-refractivity contribution is -0.154. The zero-order chi connectivity index (χ0) is 41.1. The molecule has 0 spiro atoms. The van der Waals surface area contributed by atoms with Crippen molar-refractivity contribution >= 4 is 13.8 Å². The van der Waals surface area contributed by atoms with Crippen LogP contribution in [0.3, 0.4) is 0 Å². The average Bonchev–Trinajstić information content (AvgIpc) is 3.19. The molecule has 326 valence electrons. The number of phosphoric acid groups is 1. The van der Waals surface area contributed by atoms with Gasteiger partial charge >= 0.3 is 13.8 Å². The van der Waals surface area contributed by atoms with E-state index in [4.69, 9.17) is 23.6 Å². The number of hydrogen-bond donors (Lipinski definition) is 3. The molecule has 0 aromatic rings. The average molecular weight is 811 g/mol. The standard InChI is InChI=1S/C46H83O9P/c1-3-5-7-9-11-13-15-17-19-21-23-25-27-29-31-33-35-37-39-52-42-45(43-54-56(50,51)53-41-44(48)40-47)55-46(49)38-36-34-32-30-28-26-24-22-20-18-16-14-12-10-8-6-4-2/h6,8,12,14,18,20,24,26,30,32,44-45,47-48H,3-5,7,9-11,13,15-17,19,21-23,25,27-29,31,33-43H2,1-2H3,(H,50,51)/b8-6-,14-12-,20-18-,26-24-,32-30-. The van der Waals surface area contributed by atoms with Gasteiger partial charge in [-0.3, -0.25) is 13.8 Å². The fourth-order valence-electron chi connectivity index (χ4n) is 5.86. The summed E-state index contributed by atoms with van der Waals surface area (Å²) in [5.41, 5.74) is 0. The van der Waals surface area contributed by atoms with Gasteiger partial charge in [0.05, 0.1) is 26.4 Å². The number of phosphoric ester groups is 1. The highest BCUT2D eigenvalue weighted by Crippen LogP contribution is 2.43. The number of hydrogen-bond acceptors (Lipinski definition) is 8. The van der Waals surface area contributed by atoms with E-state index in [1.54, 1.807) is 0 Å². The zero-order valence-electron chi connectivity index (χ0n) is 35.6. The minimum absolute atomic E-state index is 0.0265. The fourth-order valence-corrected chi connectivity index (χ4v) is 6.65. The number of rotatable bonds is 42. The van der Waals surface area contributed by atoms with Gasteiger partial charge in [-0.2, -0.15) is 0 Å². The van der Waals surface area contributed by atoms with Crippen molar-refractivity contribution in [2.24, 2.45) is 0 Å². The summed E-state index contributed by atoms with van der Waals surface area (Å²) in [7, 11) is -4.53. The number of carbonyl (C=O) groups excluding carboxylic acids is 1. The maximum absolute atomic E-state index is 12.6. The van der Waals surface area contributed by atoms with Crippen molar-refractivity contribution in [1.82, 2.24) is 0 Å². The first kappa shape index (κ1) is 54.2. The van der Waals surface area contributed by atoms with Gasteiger partial charge < -0.3 is 24.6 Å².